The van der Waals surface area contributed by atoms with Crippen molar-refractivity contribution < 1.29 is 9.53 Å². The fourth-order valence-electron chi connectivity index (χ4n) is 2.98. The van der Waals surface area contributed by atoms with Gasteiger partial charge in [-0.15, -0.1) is 0 Å². The van der Waals surface area contributed by atoms with E-state index >= 15 is 0 Å². The highest BCUT2D eigenvalue weighted by Crippen LogP contribution is 2.18. The summed E-state index contributed by atoms with van der Waals surface area (Å²) in [5.74, 6) is 2.26. The summed E-state index contributed by atoms with van der Waals surface area (Å²) in [5.41, 5.74) is 0. The first kappa shape index (κ1) is 19.9. The van der Waals surface area contributed by atoms with Crippen LogP contribution >= 0.6 is 0 Å². The van der Waals surface area contributed by atoms with E-state index in [9.17, 15) is 4.79 Å². The quantitative estimate of drug-likeness (QED) is 0.782. The van der Waals surface area contributed by atoms with Gasteiger partial charge in [0.05, 0.1) is 6.54 Å². The molecule has 0 radical (unpaired) electrons. The van der Waals surface area contributed by atoms with Crippen LogP contribution in [0.25, 0.3) is 0 Å². The van der Waals surface area contributed by atoms with Gasteiger partial charge < -0.3 is 19.9 Å². The fourth-order valence-corrected chi connectivity index (χ4v) is 2.98. The highest BCUT2D eigenvalue weighted by atomic mass is 16.5. The maximum absolute atomic E-state index is 12.4. The number of rotatable bonds is 7. The number of amides is 1. The monoisotopic (exact) mass is 384 g/mol. The Bertz CT molecular complexity index is 778. The number of ether oxygens (including phenoxy) is 1. The Morgan fingerprint density at radius 2 is 1.86 bits per heavy atom. The van der Waals surface area contributed by atoms with E-state index in [0.717, 1.165) is 25.9 Å². The molecule has 1 aromatic carbocycles. The minimum atomic E-state index is -0.612. The Kier molecular flexibility index (Phi) is 6.62. The molecule has 2 aromatic rings. The minimum Gasteiger partial charge on any atom is -0.481 e. The molecule has 2 heterocycles. The first-order valence-electron chi connectivity index (χ1n) is 9.69. The molecule has 1 fully saturated rings. The third-order valence-electron chi connectivity index (χ3n) is 4.54. The number of piperidine rings is 1. The molecule has 8 heteroatoms. The molecule has 0 aliphatic carbocycles. The molecule has 28 heavy (non-hydrogen) atoms. The Morgan fingerprint density at radius 1 is 1.14 bits per heavy atom. The predicted molar refractivity (Wildman–Crippen MR) is 109 cm³/mol. The van der Waals surface area contributed by atoms with Crippen LogP contribution in [0.15, 0.2) is 30.3 Å². The second kappa shape index (κ2) is 9.34. The van der Waals surface area contributed by atoms with E-state index in [1.165, 1.54) is 6.42 Å². The van der Waals surface area contributed by atoms with Crippen LogP contribution < -0.4 is 19.9 Å². The van der Waals surface area contributed by atoms with Gasteiger partial charge in [-0.2, -0.15) is 15.0 Å². The van der Waals surface area contributed by atoms with Gasteiger partial charge >= 0.3 is 0 Å². The van der Waals surface area contributed by atoms with Gasteiger partial charge in [-0.3, -0.25) is 4.79 Å². The van der Waals surface area contributed by atoms with E-state index < -0.39 is 6.10 Å². The van der Waals surface area contributed by atoms with Gasteiger partial charge in [-0.05, 0) is 38.3 Å². The minimum absolute atomic E-state index is 0.213. The zero-order chi connectivity index (χ0) is 19.9. The molecule has 8 nitrogen and oxygen atoms in total. The fraction of sp³-hybridized carbons (Fsp3) is 0.500. The van der Waals surface area contributed by atoms with E-state index in [0.29, 0.717) is 23.5 Å². The average molecular weight is 384 g/mol. The summed E-state index contributed by atoms with van der Waals surface area (Å²) in [7, 11) is 3.79. The molecular formula is C20H28N6O2. The van der Waals surface area contributed by atoms with Gasteiger partial charge in [-0.1, -0.05) is 18.2 Å². The second-order valence-electron chi connectivity index (χ2n) is 7.08. The van der Waals surface area contributed by atoms with E-state index in [2.05, 4.69) is 25.2 Å². The second-order valence-corrected chi connectivity index (χ2v) is 7.08. The smallest absolute Gasteiger partial charge is 0.261 e. The number of nitrogens with zero attached hydrogens (tertiary/aromatic N) is 5. The molecule has 150 valence electrons. The Labute approximate surface area is 166 Å². The number of carbonyl (C=O) groups excluding carboxylic acids is 1. The van der Waals surface area contributed by atoms with Gasteiger partial charge in [0.25, 0.3) is 5.91 Å². The topological polar surface area (TPSA) is 83.5 Å². The lowest BCUT2D eigenvalue weighted by molar-refractivity contribution is -0.127. The van der Waals surface area contributed by atoms with Gasteiger partial charge in [0.2, 0.25) is 11.9 Å². The molecule has 1 atom stereocenters. The van der Waals surface area contributed by atoms with Gasteiger partial charge in [0.15, 0.2) is 11.9 Å². The molecule has 0 bridgehead atoms. The van der Waals surface area contributed by atoms with Crippen molar-refractivity contribution >= 4 is 17.8 Å². The van der Waals surface area contributed by atoms with E-state index in [4.69, 9.17) is 4.74 Å². The molecule has 0 saturated carbocycles. The van der Waals surface area contributed by atoms with E-state index in [1.807, 2.05) is 49.3 Å². The number of carbonyl (C=O) groups is 1. The molecule has 1 aliphatic rings. The lowest BCUT2D eigenvalue weighted by atomic mass is 10.1. The van der Waals surface area contributed by atoms with Crippen molar-refractivity contribution in [1.29, 1.82) is 0 Å². The first-order valence-corrected chi connectivity index (χ1v) is 9.69. The van der Waals surface area contributed by atoms with Gasteiger partial charge in [0, 0.05) is 27.2 Å². The maximum atomic E-state index is 12.4. The molecule has 1 amide bonds. The van der Waals surface area contributed by atoms with Crippen molar-refractivity contribution in [2.24, 2.45) is 0 Å². The van der Waals surface area contributed by atoms with Crippen molar-refractivity contribution in [1.82, 2.24) is 20.3 Å². The number of para-hydroxylation sites is 1. The number of nitrogens with one attached hydrogen (secondary N) is 1. The summed E-state index contributed by atoms with van der Waals surface area (Å²) in [4.78, 5) is 30.0. The molecule has 1 N–H and O–H groups in total. The Balaban J connectivity index is 1.65. The van der Waals surface area contributed by atoms with Crippen LogP contribution in [0.5, 0.6) is 5.75 Å². The number of hydrogen-bond acceptors (Lipinski definition) is 7. The maximum Gasteiger partial charge on any atom is 0.261 e. The van der Waals surface area contributed by atoms with Crippen molar-refractivity contribution in [2.45, 2.75) is 38.8 Å². The van der Waals surface area contributed by atoms with Crippen LogP contribution in [0.4, 0.5) is 11.9 Å². The number of benzene rings is 1. The molecule has 0 spiro atoms. The SMILES string of the molecule is CC(Oc1ccccc1)C(=O)NCc1nc(N(C)C)nc(N2CCCCC2)n1. The number of anilines is 2. The first-order chi connectivity index (χ1) is 13.5. The Hall–Kier alpha value is -2.90. The lowest BCUT2D eigenvalue weighted by Crippen LogP contribution is -2.37. The van der Waals surface area contributed by atoms with Crippen molar-refractivity contribution in [3.63, 3.8) is 0 Å². The predicted octanol–water partition coefficient (Wildman–Crippen LogP) is 2.01. The summed E-state index contributed by atoms with van der Waals surface area (Å²) in [6, 6.07) is 9.29. The summed E-state index contributed by atoms with van der Waals surface area (Å²) in [5, 5.41) is 2.86. The normalized spacial score (nSPS) is 15.0. The van der Waals surface area contributed by atoms with Crippen LogP contribution in [0.3, 0.4) is 0 Å². The highest BCUT2D eigenvalue weighted by Gasteiger charge is 2.19. The largest absolute Gasteiger partial charge is 0.481 e. The van der Waals surface area contributed by atoms with Crippen LogP contribution in [0.2, 0.25) is 0 Å². The van der Waals surface area contributed by atoms with Crippen LogP contribution in [-0.4, -0.2) is 54.1 Å². The average Bonchev–Trinajstić information content (AvgIpc) is 2.73. The summed E-state index contributed by atoms with van der Waals surface area (Å²) >= 11 is 0. The van der Waals surface area contributed by atoms with Crippen LogP contribution in [0, 0.1) is 0 Å². The number of aromatic nitrogens is 3. The summed E-state index contributed by atoms with van der Waals surface area (Å²) in [6.45, 7) is 3.85. The molecule has 1 aromatic heterocycles. The molecule has 1 unspecified atom stereocenters. The lowest BCUT2D eigenvalue weighted by Gasteiger charge is -2.27. The van der Waals surface area contributed by atoms with E-state index in [-0.39, 0.29) is 12.5 Å². The highest BCUT2D eigenvalue weighted by molar-refractivity contribution is 5.80. The van der Waals surface area contributed by atoms with Crippen molar-refractivity contribution in [3.05, 3.63) is 36.2 Å². The van der Waals surface area contributed by atoms with E-state index in [1.54, 1.807) is 6.92 Å². The third-order valence-corrected chi connectivity index (χ3v) is 4.54. The summed E-state index contributed by atoms with van der Waals surface area (Å²) < 4.78 is 5.66. The van der Waals surface area contributed by atoms with Crippen LogP contribution in [-0.2, 0) is 11.3 Å². The Morgan fingerprint density at radius 3 is 2.54 bits per heavy atom. The molecule has 3 rings (SSSR count). The van der Waals surface area contributed by atoms with Crippen molar-refractivity contribution in [3.8, 4) is 5.75 Å². The molecule has 1 aliphatic heterocycles. The van der Waals surface area contributed by atoms with Gasteiger partial charge in [-0.25, -0.2) is 0 Å². The van der Waals surface area contributed by atoms with Crippen LogP contribution in [0.1, 0.15) is 32.0 Å². The zero-order valence-corrected chi connectivity index (χ0v) is 16.8. The molecular weight excluding hydrogens is 356 g/mol. The molecule has 1 saturated heterocycles. The standard InChI is InChI=1S/C20H28N6O2/c1-15(28-16-10-6-4-7-11-16)18(27)21-14-17-22-19(25(2)3)24-20(23-17)26-12-8-5-9-13-26/h4,6-7,10-11,15H,5,8-9,12-14H2,1-3H3,(H,21,27). The van der Waals surface area contributed by atoms with Crippen molar-refractivity contribution in [2.75, 3.05) is 37.0 Å². The summed E-state index contributed by atoms with van der Waals surface area (Å²) in [6.07, 6.45) is 2.91. The number of hydrogen-bond donors (Lipinski definition) is 1. The third kappa shape index (κ3) is 5.31. The zero-order valence-electron chi connectivity index (χ0n) is 16.8. The van der Waals surface area contributed by atoms with Gasteiger partial charge in [0.1, 0.15) is 5.75 Å².